The third kappa shape index (κ3) is 4.41. The molecule has 0 aliphatic heterocycles. The van der Waals surface area contributed by atoms with Gasteiger partial charge in [0.15, 0.2) is 6.61 Å². The second kappa shape index (κ2) is 7.92. The third-order valence-electron chi connectivity index (χ3n) is 2.69. The predicted molar refractivity (Wildman–Crippen MR) is 80.7 cm³/mol. The molecule has 0 spiro atoms. The quantitative estimate of drug-likeness (QED) is 0.269. The minimum atomic E-state index is -0.876. The summed E-state index contributed by atoms with van der Waals surface area (Å²) >= 11 is 0. The number of ketones is 1. The van der Waals surface area contributed by atoms with Crippen LogP contribution in [0.3, 0.4) is 0 Å². The Kier molecular flexibility index (Phi) is 6.25. The largest absolute Gasteiger partial charge is 0.454 e. The minimum Gasteiger partial charge on any atom is -0.454 e. The van der Waals surface area contributed by atoms with E-state index in [9.17, 15) is 14.0 Å². The predicted octanol–water partition coefficient (Wildman–Crippen LogP) is 1.16. The molecule has 6 nitrogen and oxygen atoms in total. The zero-order valence-corrected chi connectivity index (χ0v) is 12.4. The Balaban J connectivity index is 2.81. The summed E-state index contributed by atoms with van der Waals surface area (Å²) in [4.78, 5) is 27.7. The lowest BCUT2D eigenvalue weighted by molar-refractivity contribution is -0.137. The van der Waals surface area contributed by atoms with Crippen LogP contribution >= 0.6 is 0 Å². The van der Waals surface area contributed by atoms with Gasteiger partial charge in [0, 0.05) is 12.2 Å². The van der Waals surface area contributed by atoms with E-state index in [0.717, 1.165) is 6.07 Å². The highest BCUT2D eigenvalue weighted by atomic mass is 19.1. The number of carbonyl (C=O) groups excluding carboxylic acids is 2. The first-order chi connectivity index (χ1) is 10.4. The van der Waals surface area contributed by atoms with Gasteiger partial charge in [-0.1, -0.05) is 12.1 Å². The van der Waals surface area contributed by atoms with Gasteiger partial charge in [-0.25, -0.2) is 9.18 Å². The van der Waals surface area contributed by atoms with Crippen LogP contribution in [0.1, 0.15) is 24.2 Å². The fourth-order valence-electron chi connectivity index (χ4n) is 1.69. The smallest absolute Gasteiger partial charge is 0.344 e. The van der Waals surface area contributed by atoms with E-state index in [-0.39, 0.29) is 22.7 Å². The van der Waals surface area contributed by atoms with Crippen molar-refractivity contribution >= 4 is 17.6 Å². The number of Topliss-reactive ketones (excluding diaryl/α,β-unsaturated/α-hetero) is 1. The number of aliphatic imine (C=N–C) groups is 1. The maximum absolute atomic E-state index is 13.5. The molecule has 0 saturated heterocycles. The molecule has 118 valence electrons. The molecule has 22 heavy (non-hydrogen) atoms. The number of amidine groups is 1. The average Bonchev–Trinajstić information content (AvgIpc) is 2.45. The summed E-state index contributed by atoms with van der Waals surface area (Å²) in [5.74, 6) is -2.28. The zero-order valence-electron chi connectivity index (χ0n) is 12.4. The van der Waals surface area contributed by atoms with E-state index in [1.54, 1.807) is 6.92 Å². The number of nitrogens with two attached hydrogens (primary N) is 2. The SMILES string of the molecule is CCN=C(N)/C(C(=O)OCC(=O)c1ccccc1F)=C(/C)N. The van der Waals surface area contributed by atoms with Gasteiger partial charge in [0.2, 0.25) is 5.78 Å². The number of hydrogen-bond donors (Lipinski definition) is 2. The van der Waals surface area contributed by atoms with Crippen LogP contribution in [0.4, 0.5) is 4.39 Å². The lowest BCUT2D eigenvalue weighted by Gasteiger charge is -2.09. The van der Waals surface area contributed by atoms with Crippen molar-refractivity contribution in [3.63, 3.8) is 0 Å². The number of nitrogens with zero attached hydrogens (tertiary/aromatic N) is 1. The van der Waals surface area contributed by atoms with E-state index in [1.807, 2.05) is 0 Å². The van der Waals surface area contributed by atoms with E-state index in [1.165, 1.54) is 25.1 Å². The van der Waals surface area contributed by atoms with Gasteiger partial charge in [-0.3, -0.25) is 9.79 Å². The standard InChI is InChI=1S/C15H18FN3O3/c1-3-19-14(18)13(9(2)17)15(21)22-8-12(20)10-6-4-5-7-11(10)16/h4-7H,3,8,17H2,1-2H3,(H2,18,19)/b13-9+. The lowest BCUT2D eigenvalue weighted by atomic mass is 10.1. The molecule has 0 fully saturated rings. The molecule has 0 heterocycles. The summed E-state index contributed by atoms with van der Waals surface area (Å²) < 4.78 is 18.3. The van der Waals surface area contributed by atoms with E-state index in [4.69, 9.17) is 16.2 Å². The van der Waals surface area contributed by atoms with Gasteiger partial charge in [0.25, 0.3) is 0 Å². The Morgan fingerprint density at radius 2 is 1.91 bits per heavy atom. The number of halogens is 1. The number of allylic oxidation sites excluding steroid dienone is 1. The molecule has 0 bridgehead atoms. The van der Waals surface area contributed by atoms with Gasteiger partial charge in [-0.15, -0.1) is 0 Å². The molecule has 0 atom stereocenters. The maximum atomic E-state index is 13.5. The van der Waals surface area contributed by atoms with Crippen LogP contribution in [0.15, 0.2) is 40.5 Å². The molecule has 0 aliphatic rings. The van der Waals surface area contributed by atoms with Gasteiger partial charge >= 0.3 is 5.97 Å². The number of esters is 1. The Bertz CT molecular complexity index is 635. The number of rotatable bonds is 6. The summed E-state index contributed by atoms with van der Waals surface area (Å²) in [5.41, 5.74) is 11.1. The first-order valence-corrected chi connectivity index (χ1v) is 6.60. The lowest BCUT2D eigenvalue weighted by Crippen LogP contribution is -2.28. The van der Waals surface area contributed by atoms with Crippen LogP contribution in [-0.2, 0) is 9.53 Å². The van der Waals surface area contributed by atoms with Crippen molar-refractivity contribution in [2.24, 2.45) is 16.5 Å². The van der Waals surface area contributed by atoms with Crippen molar-refractivity contribution in [1.82, 2.24) is 0 Å². The number of ether oxygens (including phenoxy) is 1. The van der Waals surface area contributed by atoms with Gasteiger partial charge in [0.1, 0.15) is 17.2 Å². The highest BCUT2D eigenvalue weighted by molar-refractivity contribution is 6.19. The van der Waals surface area contributed by atoms with Crippen molar-refractivity contribution in [2.75, 3.05) is 13.2 Å². The molecule has 0 aromatic heterocycles. The molecule has 1 aromatic carbocycles. The molecule has 1 aromatic rings. The van der Waals surface area contributed by atoms with Crippen molar-refractivity contribution in [2.45, 2.75) is 13.8 Å². The highest BCUT2D eigenvalue weighted by Crippen LogP contribution is 2.09. The molecule has 7 heteroatoms. The van der Waals surface area contributed by atoms with Crippen molar-refractivity contribution in [3.05, 3.63) is 46.9 Å². The zero-order chi connectivity index (χ0) is 16.7. The number of carbonyl (C=O) groups is 2. The summed E-state index contributed by atoms with van der Waals surface area (Å²) in [7, 11) is 0. The summed E-state index contributed by atoms with van der Waals surface area (Å²) in [6.45, 7) is 2.96. The van der Waals surface area contributed by atoms with Crippen molar-refractivity contribution in [1.29, 1.82) is 0 Å². The first kappa shape index (κ1) is 17.4. The van der Waals surface area contributed by atoms with Crippen LogP contribution in [0.2, 0.25) is 0 Å². The maximum Gasteiger partial charge on any atom is 0.344 e. The molecule has 0 saturated carbocycles. The highest BCUT2D eigenvalue weighted by Gasteiger charge is 2.20. The Hall–Kier alpha value is -2.70. The topological polar surface area (TPSA) is 108 Å². The molecular formula is C15H18FN3O3. The average molecular weight is 307 g/mol. The molecule has 1 rings (SSSR count). The molecule has 0 unspecified atom stereocenters. The van der Waals surface area contributed by atoms with Gasteiger partial charge in [-0.05, 0) is 26.0 Å². The Morgan fingerprint density at radius 1 is 1.27 bits per heavy atom. The third-order valence-corrected chi connectivity index (χ3v) is 2.69. The van der Waals surface area contributed by atoms with Crippen LogP contribution < -0.4 is 11.5 Å². The number of hydrogen-bond acceptors (Lipinski definition) is 5. The molecular weight excluding hydrogens is 289 g/mol. The summed E-state index contributed by atoms with van der Waals surface area (Å²) in [6.07, 6.45) is 0. The normalized spacial score (nSPS) is 12.6. The first-order valence-electron chi connectivity index (χ1n) is 6.60. The minimum absolute atomic E-state index is 0.0640. The van der Waals surface area contributed by atoms with E-state index in [2.05, 4.69) is 4.99 Å². The van der Waals surface area contributed by atoms with Gasteiger partial charge < -0.3 is 16.2 Å². The van der Waals surface area contributed by atoms with Crippen LogP contribution in [0.25, 0.3) is 0 Å². The fourth-order valence-corrected chi connectivity index (χ4v) is 1.69. The van der Waals surface area contributed by atoms with E-state index < -0.39 is 24.2 Å². The van der Waals surface area contributed by atoms with Crippen molar-refractivity contribution in [3.8, 4) is 0 Å². The monoisotopic (exact) mass is 307 g/mol. The van der Waals surface area contributed by atoms with Gasteiger partial charge in [0.05, 0.1) is 5.56 Å². The van der Waals surface area contributed by atoms with Crippen LogP contribution in [-0.4, -0.2) is 30.7 Å². The summed E-state index contributed by atoms with van der Waals surface area (Å²) in [5, 5.41) is 0. The second-order valence-electron chi connectivity index (χ2n) is 4.40. The summed E-state index contributed by atoms with van der Waals surface area (Å²) in [6, 6.07) is 5.43. The molecule has 0 radical (unpaired) electrons. The van der Waals surface area contributed by atoms with E-state index >= 15 is 0 Å². The Labute approximate surface area is 127 Å². The molecule has 0 aliphatic carbocycles. The Morgan fingerprint density at radius 3 is 2.45 bits per heavy atom. The van der Waals surface area contributed by atoms with Gasteiger partial charge in [-0.2, -0.15) is 0 Å². The second-order valence-corrected chi connectivity index (χ2v) is 4.40. The van der Waals surface area contributed by atoms with E-state index in [0.29, 0.717) is 6.54 Å². The molecule has 0 amide bonds. The fraction of sp³-hybridized carbons (Fsp3) is 0.267. The molecule has 4 N–H and O–H groups in total. The van der Waals surface area contributed by atoms with Crippen LogP contribution in [0, 0.1) is 5.82 Å². The number of benzene rings is 1. The van der Waals surface area contributed by atoms with Crippen LogP contribution in [0.5, 0.6) is 0 Å². The van der Waals surface area contributed by atoms with Crippen molar-refractivity contribution < 1.29 is 18.7 Å².